The molecule has 2 amide bonds. The van der Waals surface area contributed by atoms with Crippen molar-refractivity contribution in [3.63, 3.8) is 0 Å². The molecule has 3 rings (SSSR count). The molecule has 1 heterocycles. The van der Waals surface area contributed by atoms with Crippen molar-refractivity contribution in [2.45, 2.75) is 0 Å². The van der Waals surface area contributed by atoms with Crippen LogP contribution in [0.4, 0.5) is 4.79 Å². The molecule has 0 atom stereocenters. The first-order valence-corrected chi connectivity index (χ1v) is 11.0. The molecule has 0 N–H and O–H groups in total. The first-order chi connectivity index (χ1) is 14.6. The Morgan fingerprint density at radius 1 is 0.700 bits per heavy atom. The van der Waals surface area contributed by atoms with E-state index in [1.54, 1.807) is 9.80 Å². The van der Waals surface area contributed by atoms with Gasteiger partial charge in [0.1, 0.15) is 0 Å². The van der Waals surface area contributed by atoms with Crippen LogP contribution in [0.25, 0.3) is 0 Å². The van der Waals surface area contributed by atoms with Gasteiger partial charge in [0.2, 0.25) is 0 Å². The molecule has 30 heavy (non-hydrogen) atoms. The van der Waals surface area contributed by atoms with Crippen molar-refractivity contribution in [1.82, 2.24) is 9.80 Å². The molecule has 0 aromatic heterocycles. The maximum atomic E-state index is 10.8. The summed E-state index contributed by atoms with van der Waals surface area (Å²) in [6.07, 6.45) is 0. The number of benzene rings is 2. The molecule has 0 unspecified atom stereocenters. The molecule has 156 valence electrons. The number of hydrogen-bond donors (Lipinski definition) is 0. The molecule has 2 aromatic rings. The van der Waals surface area contributed by atoms with E-state index in [0.717, 1.165) is 13.1 Å². The third kappa shape index (κ3) is 12.8. The van der Waals surface area contributed by atoms with Crippen LogP contribution in [0.2, 0.25) is 0 Å². The minimum absolute atomic E-state index is 0.130. The average Bonchev–Trinajstić information content (AvgIpc) is 3.16. The summed E-state index contributed by atoms with van der Waals surface area (Å²) >= 11 is 4.28. The second-order valence-electron chi connectivity index (χ2n) is 5.16. The molecular weight excluding hydrogens is 444 g/mol. The molecule has 2 aromatic carbocycles. The van der Waals surface area contributed by atoms with Gasteiger partial charge in [0.05, 0.1) is 0 Å². The van der Waals surface area contributed by atoms with E-state index in [0.29, 0.717) is 0 Å². The standard InChI is InChI=1S/C12H10Si.C5H10N2O.4CO.Fe/c1-3-7-11(8-4-1)13-12-9-5-2-6-10-12;1-6-3-4-7(2)5(6)8;4*1-2;/h1-10H;3-4H2,1-2H3;;;;;. The predicted molar refractivity (Wildman–Crippen MR) is 104 cm³/mol. The van der Waals surface area contributed by atoms with E-state index in [1.807, 2.05) is 26.2 Å². The molecule has 0 spiro atoms. The Kier molecular flexibility index (Phi) is 24.3. The van der Waals surface area contributed by atoms with Crippen molar-refractivity contribution in [3.8, 4) is 0 Å². The third-order valence-electron chi connectivity index (χ3n) is 3.46. The van der Waals surface area contributed by atoms with Crippen molar-refractivity contribution in [2.75, 3.05) is 27.2 Å². The Bertz CT molecular complexity index is 730. The fraction of sp³-hybridized carbons (Fsp3) is 0.190. The van der Waals surface area contributed by atoms with E-state index >= 15 is 0 Å². The third-order valence-corrected chi connectivity index (χ3v) is 7.03. The molecule has 0 radical (unpaired) electrons. The molecule has 9 heteroatoms. The number of amides is 2. The summed E-state index contributed by atoms with van der Waals surface area (Å²) < 4.78 is 30.0. The number of likely N-dealkylation sites (N-methyl/N-ethyl adjacent to an activating group) is 2. The van der Waals surface area contributed by atoms with Gasteiger partial charge in [0.15, 0.2) is 0 Å². The van der Waals surface area contributed by atoms with Gasteiger partial charge >= 0.3 is 144 Å². The number of urea groups is 1. The van der Waals surface area contributed by atoms with Crippen LogP contribution in [-0.2, 0) is 33.5 Å². The van der Waals surface area contributed by atoms with Gasteiger partial charge in [-0.2, -0.15) is 0 Å². The van der Waals surface area contributed by atoms with E-state index in [9.17, 15) is 4.79 Å². The van der Waals surface area contributed by atoms with Gasteiger partial charge in [-0.15, -0.1) is 0 Å². The second kappa shape index (κ2) is 22.7. The Morgan fingerprint density at radius 3 is 1.17 bits per heavy atom. The zero-order chi connectivity index (χ0) is 23.9. The predicted octanol–water partition coefficient (Wildman–Crippen LogP) is 1.17. The zero-order valence-corrected chi connectivity index (χ0v) is 18.6. The zero-order valence-electron chi connectivity index (χ0n) is 16.5. The van der Waals surface area contributed by atoms with Crippen molar-refractivity contribution in [1.29, 1.82) is 0 Å². The Labute approximate surface area is 185 Å². The van der Waals surface area contributed by atoms with E-state index in [-0.39, 0.29) is 6.03 Å². The van der Waals surface area contributed by atoms with Crippen LogP contribution in [0, 0.1) is 26.6 Å². The van der Waals surface area contributed by atoms with Crippen LogP contribution in [0.3, 0.4) is 0 Å². The topological polar surface area (TPSA) is 103 Å². The number of carbonyl (C=O) groups is 1. The molecular formula is C21H20FeN2O5Si. The molecule has 1 aliphatic heterocycles. The summed E-state index contributed by atoms with van der Waals surface area (Å²) in [4.78, 5) is 14.2. The van der Waals surface area contributed by atoms with Gasteiger partial charge in [0, 0.05) is 27.2 Å². The Morgan fingerprint density at radius 2 is 0.967 bits per heavy atom. The van der Waals surface area contributed by atoms with Gasteiger partial charge in [-0.05, 0) is 0 Å². The SMILES string of the molecule is CN1CCN(C)C1=O.[C-]#[O+].[C-]#[O+].[C-]#[O+].[C-]#[O+].[Fe]=[Si](c1ccccc1)c1ccccc1. The van der Waals surface area contributed by atoms with Crippen molar-refractivity contribution in [2.24, 2.45) is 0 Å². The monoisotopic (exact) mass is 464 g/mol. The van der Waals surface area contributed by atoms with Gasteiger partial charge in [0.25, 0.3) is 0 Å². The van der Waals surface area contributed by atoms with Gasteiger partial charge in [-0.1, -0.05) is 0 Å². The fourth-order valence-electron chi connectivity index (χ4n) is 2.11. The molecule has 1 fully saturated rings. The van der Waals surface area contributed by atoms with Crippen LogP contribution in [0.5, 0.6) is 0 Å². The first-order valence-electron chi connectivity index (χ1n) is 7.99. The van der Waals surface area contributed by atoms with Crippen LogP contribution in [0.15, 0.2) is 60.7 Å². The van der Waals surface area contributed by atoms with E-state index < -0.39 is 6.94 Å². The summed E-state index contributed by atoms with van der Waals surface area (Å²) in [7, 11) is 3.62. The maximum absolute atomic E-state index is 10.8. The molecule has 7 nitrogen and oxygen atoms in total. The van der Waals surface area contributed by atoms with E-state index in [2.05, 4.69) is 90.0 Å². The summed E-state index contributed by atoms with van der Waals surface area (Å²) in [6.45, 7) is 18.9. The first kappa shape index (κ1) is 32.1. The van der Waals surface area contributed by atoms with Crippen LogP contribution in [-0.4, -0.2) is 50.0 Å². The number of nitrogens with zero attached hydrogens (tertiary/aromatic N) is 2. The summed E-state index contributed by atoms with van der Waals surface area (Å²) in [6, 6.07) is 21.2. The summed E-state index contributed by atoms with van der Waals surface area (Å²) in [5.41, 5.74) is 0. The van der Waals surface area contributed by atoms with Crippen molar-refractivity contribution >= 4 is 23.3 Å². The molecule has 1 saturated heterocycles. The van der Waals surface area contributed by atoms with Crippen LogP contribution >= 0.6 is 0 Å². The second-order valence-corrected chi connectivity index (χ2v) is 8.57. The summed E-state index contributed by atoms with van der Waals surface area (Å²) in [5, 5.41) is 2.73. The quantitative estimate of drug-likeness (QED) is 0.372. The Balaban J connectivity index is -0.000000390. The summed E-state index contributed by atoms with van der Waals surface area (Å²) in [5.74, 6) is 0. The van der Waals surface area contributed by atoms with Crippen molar-refractivity contribution < 1.29 is 38.3 Å². The molecule has 1 aliphatic rings. The average molecular weight is 464 g/mol. The van der Waals surface area contributed by atoms with E-state index in [1.165, 1.54) is 10.4 Å². The van der Waals surface area contributed by atoms with Gasteiger partial charge in [-0.3, -0.25) is 0 Å². The number of hydrogen-bond acceptors (Lipinski definition) is 1. The Hall–Kier alpha value is -2.59. The molecule has 0 saturated carbocycles. The van der Waals surface area contributed by atoms with Crippen LogP contribution in [0.1, 0.15) is 0 Å². The minimum atomic E-state index is -0.795. The van der Waals surface area contributed by atoms with Gasteiger partial charge in [-0.25, -0.2) is 4.79 Å². The normalized spacial score (nSPS) is 10.3. The fourth-order valence-corrected chi connectivity index (χ4v) is 4.50. The molecule has 0 aliphatic carbocycles. The molecule has 0 bridgehead atoms. The van der Waals surface area contributed by atoms with Crippen LogP contribution < -0.4 is 10.4 Å². The number of carbonyl (C=O) groups excluding carboxylic acids is 1. The number of rotatable bonds is 2. The van der Waals surface area contributed by atoms with Crippen molar-refractivity contribution in [3.05, 3.63) is 87.3 Å². The van der Waals surface area contributed by atoms with E-state index in [4.69, 9.17) is 18.6 Å². The van der Waals surface area contributed by atoms with Gasteiger partial charge < -0.3 is 9.80 Å².